The third-order valence-electron chi connectivity index (χ3n) is 3.69. The molecule has 0 aromatic rings. The Balaban J connectivity index is 2.01. The molecule has 0 aromatic carbocycles. The second-order valence-corrected chi connectivity index (χ2v) is 5.71. The van der Waals surface area contributed by atoms with Gasteiger partial charge in [0.15, 0.2) is 0 Å². The second kappa shape index (κ2) is 10.00. The van der Waals surface area contributed by atoms with Crippen LogP contribution < -0.4 is 5.32 Å². The first-order chi connectivity index (χ1) is 9.65. The van der Waals surface area contributed by atoms with E-state index in [1.165, 1.54) is 6.42 Å². The maximum atomic E-state index is 11.8. The van der Waals surface area contributed by atoms with Gasteiger partial charge in [0.05, 0.1) is 0 Å². The Morgan fingerprint density at radius 2 is 1.90 bits per heavy atom. The molecular formula is C15H31N3O2. The van der Waals surface area contributed by atoms with Crippen LogP contribution in [0.1, 0.15) is 39.0 Å². The number of nitrogens with zero attached hydrogens (tertiary/aromatic N) is 2. The molecule has 1 aliphatic rings. The Hall–Kier alpha value is -0.810. The zero-order valence-electron chi connectivity index (χ0n) is 13.4. The minimum absolute atomic E-state index is 0.132. The van der Waals surface area contributed by atoms with Crippen molar-refractivity contribution in [3.63, 3.8) is 0 Å². The molecule has 1 fully saturated rings. The lowest BCUT2D eigenvalue weighted by atomic mass is 10.1. The van der Waals surface area contributed by atoms with Gasteiger partial charge in [0.25, 0.3) is 0 Å². The minimum Gasteiger partial charge on any atom is -0.381 e. The van der Waals surface area contributed by atoms with E-state index in [1.54, 1.807) is 4.90 Å². The molecule has 118 valence electrons. The summed E-state index contributed by atoms with van der Waals surface area (Å²) in [6.07, 6.45) is 5.53. The molecular weight excluding hydrogens is 254 g/mol. The van der Waals surface area contributed by atoms with Crippen molar-refractivity contribution in [2.75, 3.05) is 46.9 Å². The molecule has 2 amide bonds. The van der Waals surface area contributed by atoms with E-state index in [4.69, 9.17) is 4.74 Å². The fourth-order valence-corrected chi connectivity index (χ4v) is 2.39. The molecule has 0 spiro atoms. The van der Waals surface area contributed by atoms with Crippen molar-refractivity contribution in [3.05, 3.63) is 0 Å². The van der Waals surface area contributed by atoms with Crippen LogP contribution in [0.25, 0.3) is 0 Å². The molecule has 5 heteroatoms. The summed E-state index contributed by atoms with van der Waals surface area (Å²) in [5.74, 6) is 0. The monoisotopic (exact) mass is 285 g/mol. The number of likely N-dealkylation sites (tertiary alicyclic amines) is 1. The highest BCUT2D eigenvalue weighted by Crippen LogP contribution is 2.11. The number of unbranched alkanes of at least 4 members (excludes halogenated alkanes) is 1. The average Bonchev–Trinajstić information content (AvgIpc) is 2.46. The van der Waals surface area contributed by atoms with Crippen molar-refractivity contribution in [3.8, 4) is 0 Å². The average molecular weight is 285 g/mol. The number of hydrogen-bond acceptors (Lipinski definition) is 3. The van der Waals surface area contributed by atoms with Crippen molar-refractivity contribution < 1.29 is 9.53 Å². The summed E-state index contributed by atoms with van der Waals surface area (Å²) in [5, 5.41) is 3.57. The largest absolute Gasteiger partial charge is 0.381 e. The molecule has 0 unspecified atom stereocenters. The van der Waals surface area contributed by atoms with E-state index < -0.39 is 0 Å². The molecule has 0 aromatic heterocycles. The van der Waals surface area contributed by atoms with E-state index in [0.717, 1.165) is 58.5 Å². The molecule has 0 aliphatic carbocycles. The zero-order chi connectivity index (χ0) is 14.8. The summed E-state index contributed by atoms with van der Waals surface area (Å²) < 4.78 is 5.54. The Labute approximate surface area is 123 Å². The van der Waals surface area contributed by atoms with Gasteiger partial charge in [-0.05, 0) is 32.2 Å². The maximum absolute atomic E-state index is 11.8. The molecule has 1 saturated heterocycles. The maximum Gasteiger partial charge on any atom is 0.319 e. The number of hydrogen-bond donors (Lipinski definition) is 1. The van der Waals surface area contributed by atoms with Crippen LogP contribution in [0.15, 0.2) is 0 Å². The fourth-order valence-electron chi connectivity index (χ4n) is 2.39. The van der Waals surface area contributed by atoms with E-state index in [9.17, 15) is 4.79 Å². The van der Waals surface area contributed by atoms with Gasteiger partial charge in [-0.2, -0.15) is 0 Å². The first-order valence-electron chi connectivity index (χ1n) is 7.92. The Bertz CT molecular complexity index is 264. The highest BCUT2D eigenvalue weighted by Gasteiger charge is 2.22. The number of piperidine rings is 1. The first-order valence-corrected chi connectivity index (χ1v) is 7.92. The van der Waals surface area contributed by atoms with Crippen LogP contribution in [0.2, 0.25) is 0 Å². The summed E-state index contributed by atoms with van der Waals surface area (Å²) >= 11 is 0. The van der Waals surface area contributed by atoms with Crippen LogP contribution in [0, 0.1) is 0 Å². The van der Waals surface area contributed by atoms with Crippen LogP contribution in [0.3, 0.4) is 0 Å². The molecule has 1 aliphatic heterocycles. The van der Waals surface area contributed by atoms with Gasteiger partial charge in [0, 0.05) is 46.4 Å². The summed E-state index contributed by atoms with van der Waals surface area (Å²) in [5.41, 5.74) is 0. The van der Waals surface area contributed by atoms with Crippen LogP contribution in [0.5, 0.6) is 0 Å². The standard InChI is InChI=1S/C15H31N3O2/c1-4-5-12-20-13-6-9-16-14-7-10-18(11-8-14)15(19)17(2)3/h14,16H,4-13H2,1-3H3. The predicted molar refractivity (Wildman–Crippen MR) is 82.0 cm³/mol. The van der Waals surface area contributed by atoms with Gasteiger partial charge < -0.3 is 19.9 Å². The lowest BCUT2D eigenvalue weighted by Crippen LogP contribution is -2.48. The zero-order valence-corrected chi connectivity index (χ0v) is 13.4. The lowest BCUT2D eigenvalue weighted by molar-refractivity contribution is 0.126. The predicted octanol–water partition coefficient (Wildman–Crippen LogP) is 1.93. The number of rotatable bonds is 8. The normalized spacial score (nSPS) is 16.4. The summed E-state index contributed by atoms with van der Waals surface area (Å²) in [7, 11) is 3.62. The molecule has 20 heavy (non-hydrogen) atoms. The van der Waals surface area contributed by atoms with Crippen molar-refractivity contribution in [1.82, 2.24) is 15.1 Å². The van der Waals surface area contributed by atoms with Gasteiger partial charge in [-0.25, -0.2) is 4.79 Å². The van der Waals surface area contributed by atoms with Crippen LogP contribution in [-0.4, -0.2) is 68.8 Å². The quantitative estimate of drug-likeness (QED) is 0.693. The lowest BCUT2D eigenvalue weighted by Gasteiger charge is -2.34. The van der Waals surface area contributed by atoms with Crippen molar-refractivity contribution >= 4 is 6.03 Å². The Kier molecular flexibility index (Phi) is 8.62. The van der Waals surface area contributed by atoms with Gasteiger partial charge >= 0.3 is 6.03 Å². The molecule has 0 atom stereocenters. The number of carbonyl (C=O) groups excluding carboxylic acids is 1. The number of nitrogens with one attached hydrogen (secondary N) is 1. The number of ether oxygens (including phenoxy) is 1. The van der Waals surface area contributed by atoms with E-state index in [1.807, 2.05) is 19.0 Å². The Morgan fingerprint density at radius 1 is 1.25 bits per heavy atom. The van der Waals surface area contributed by atoms with Gasteiger partial charge in [-0.1, -0.05) is 13.3 Å². The highest BCUT2D eigenvalue weighted by atomic mass is 16.5. The fraction of sp³-hybridized carbons (Fsp3) is 0.933. The molecule has 0 radical (unpaired) electrons. The first kappa shape index (κ1) is 17.2. The van der Waals surface area contributed by atoms with E-state index in [2.05, 4.69) is 12.2 Å². The van der Waals surface area contributed by atoms with Crippen LogP contribution >= 0.6 is 0 Å². The second-order valence-electron chi connectivity index (χ2n) is 5.71. The summed E-state index contributed by atoms with van der Waals surface area (Å²) in [6.45, 7) is 6.66. The molecule has 1 heterocycles. The minimum atomic E-state index is 0.132. The van der Waals surface area contributed by atoms with Crippen molar-refractivity contribution in [1.29, 1.82) is 0 Å². The summed E-state index contributed by atoms with van der Waals surface area (Å²) in [6, 6.07) is 0.685. The molecule has 1 rings (SSSR count). The van der Waals surface area contributed by atoms with Crippen LogP contribution in [-0.2, 0) is 4.74 Å². The molecule has 0 saturated carbocycles. The number of amides is 2. The topological polar surface area (TPSA) is 44.8 Å². The third-order valence-corrected chi connectivity index (χ3v) is 3.69. The van der Waals surface area contributed by atoms with Crippen molar-refractivity contribution in [2.24, 2.45) is 0 Å². The van der Waals surface area contributed by atoms with Gasteiger partial charge in [-0.15, -0.1) is 0 Å². The SMILES string of the molecule is CCCCOCCCNC1CCN(C(=O)N(C)C)CC1. The van der Waals surface area contributed by atoms with E-state index in [-0.39, 0.29) is 6.03 Å². The molecule has 1 N–H and O–H groups in total. The van der Waals surface area contributed by atoms with Gasteiger partial charge in [-0.3, -0.25) is 0 Å². The number of carbonyl (C=O) groups is 1. The van der Waals surface area contributed by atoms with E-state index >= 15 is 0 Å². The number of urea groups is 1. The van der Waals surface area contributed by atoms with Crippen molar-refractivity contribution in [2.45, 2.75) is 45.1 Å². The van der Waals surface area contributed by atoms with Gasteiger partial charge in [0.1, 0.15) is 0 Å². The molecule has 0 bridgehead atoms. The van der Waals surface area contributed by atoms with Gasteiger partial charge in [0.2, 0.25) is 0 Å². The Morgan fingerprint density at radius 3 is 2.50 bits per heavy atom. The summed E-state index contributed by atoms with van der Waals surface area (Å²) in [4.78, 5) is 15.4. The smallest absolute Gasteiger partial charge is 0.319 e. The molecule has 5 nitrogen and oxygen atoms in total. The van der Waals surface area contributed by atoms with Crippen LogP contribution in [0.4, 0.5) is 4.79 Å². The highest BCUT2D eigenvalue weighted by molar-refractivity contribution is 5.73. The van der Waals surface area contributed by atoms with E-state index in [0.29, 0.717) is 6.04 Å². The third kappa shape index (κ3) is 6.57.